The molecule has 13 heteroatoms. The number of rotatable bonds is 14. The number of carboxylic acids is 2. The first-order valence-electron chi connectivity index (χ1n) is 11.3. The van der Waals surface area contributed by atoms with Gasteiger partial charge in [0.15, 0.2) is 11.7 Å². The van der Waals surface area contributed by atoms with E-state index in [1.165, 1.54) is 6.07 Å². The Morgan fingerprint density at radius 1 is 0.892 bits per heavy atom. The molecule has 0 bridgehead atoms. The predicted octanol–water partition coefficient (Wildman–Crippen LogP) is -0.660. The molecule has 12 N–H and O–H groups in total. The highest BCUT2D eigenvalue weighted by Crippen LogP contribution is 2.30. The highest BCUT2D eigenvalue weighted by atomic mass is 17.2. The molecule has 0 aliphatic rings. The third-order valence-electron chi connectivity index (χ3n) is 5.58. The number of carboxylic acid groups (broad SMARTS) is 2. The molecule has 2 aromatic rings. The van der Waals surface area contributed by atoms with Gasteiger partial charge in [-0.3, -0.25) is 19.5 Å². The number of para-hydroxylation sites is 1. The van der Waals surface area contributed by atoms with Crippen LogP contribution in [0, 0.1) is 0 Å². The molecule has 0 aliphatic heterocycles. The van der Waals surface area contributed by atoms with Gasteiger partial charge in [0.1, 0.15) is 17.6 Å². The number of aliphatic imine (C=N–C) groups is 1. The average Bonchev–Trinajstić information content (AvgIpc) is 2.85. The maximum Gasteiger partial charge on any atom is 0.379 e. The summed E-state index contributed by atoms with van der Waals surface area (Å²) >= 11 is 0. The molecule has 0 aromatic heterocycles. The monoisotopic (exact) mass is 516 g/mol. The first-order valence-corrected chi connectivity index (χ1v) is 11.3. The molecule has 0 radical (unpaired) electrons. The number of carbonyl (C=O) groups excluding carboxylic acids is 1. The normalized spacial score (nSPS) is 14.0. The van der Waals surface area contributed by atoms with Gasteiger partial charge in [-0.05, 0) is 36.5 Å². The molecule has 0 saturated heterocycles. The standard InChI is InChI=1S/C24H32N6O7/c25-17(20(31)32)12-14-6-1-3-8-16(14)24(29,10-5-11-30-23(27)28)22(35)37-36-19-9-4-2-7-15(19)13-18(26)21(33)34/h1-4,6-9,17-18H,5,10-13,25-26,29H2,(H,31,32)(H,33,34)(H4,27,28,30). The van der Waals surface area contributed by atoms with E-state index in [0.717, 1.165) is 0 Å². The summed E-state index contributed by atoms with van der Waals surface area (Å²) in [6.45, 7) is 0.169. The predicted molar refractivity (Wildman–Crippen MR) is 134 cm³/mol. The molecule has 3 atom stereocenters. The fourth-order valence-corrected chi connectivity index (χ4v) is 3.61. The maximum absolute atomic E-state index is 13.4. The van der Waals surface area contributed by atoms with Crippen molar-refractivity contribution in [3.63, 3.8) is 0 Å². The van der Waals surface area contributed by atoms with Crippen molar-refractivity contribution in [3.05, 3.63) is 65.2 Å². The van der Waals surface area contributed by atoms with E-state index >= 15 is 0 Å². The van der Waals surface area contributed by atoms with Crippen LogP contribution in [0.5, 0.6) is 5.75 Å². The van der Waals surface area contributed by atoms with E-state index in [4.69, 9.17) is 43.6 Å². The molecule has 0 saturated carbocycles. The van der Waals surface area contributed by atoms with Crippen LogP contribution in [-0.4, -0.2) is 52.7 Å². The van der Waals surface area contributed by atoms with Crippen LogP contribution >= 0.6 is 0 Å². The number of nitrogens with two attached hydrogens (primary N) is 5. The molecular weight excluding hydrogens is 484 g/mol. The number of hydrogen-bond acceptors (Lipinski definition) is 9. The van der Waals surface area contributed by atoms with E-state index in [2.05, 4.69) is 4.99 Å². The number of benzene rings is 2. The number of hydrogen-bond donors (Lipinski definition) is 7. The summed E-state index contributed by atoms with van der Waals surface area (Å²) in [6, 6.07) is 10.4. The summed E-state index contributed by atoms with van der Waals surface area (Å²) in [5.41, 5.74) is 28.0. The van der Waals surface area contributed by atoms with E-state index in [1.54, 1.807) is 42.5 Å². The Labute approximate surface area is 213 Å². The zero-order chi connectivity index (χ0) is 27.6. The second-order valence-electron chi connectivity index (χ2n) is 8.40. The Balaban J connectivity index is 2.35. The van der Waals surface area contributed by atoms with E-state index < -0.39 is 35.5 Å². The lowest BCUT2D eigenvalue weighted by Crippen LogP contribution is -2.48. The first kappa shape index (κ1) is 29.0. The van der Waals surface area contributed by atoms with Gasteiger partial charge in [0.2, 0.25) is 0 Å². The first-order chi connectivity index (χ1) is 17.5. The van der Waals surface area contributed by atoms with Gasteiger partial charge in [-0.2, -0.15) is 0 Å². The zero-order valence-electron chi connectivity index (χ0n) is 20.1. The fraction of sp³-hybridized carbons (Fsp3) is 0.333. The van der Waals surface area contributed by atoms with Crippen LogP contribution < -0.4 is 33.6 Å². The van der Waals surface area contributed by atoms with Gasteiger partial charge in [-0.1, -0.05) is 42.5 Å². The van der Waals surface area contributed by atoms with Crippen LogP contribution in [-0.2, 0) is 37.7 Å². The largest absolute Gasteiger partial charge is 0.480 e. The van der Waals surface area contributed by atoms with Crippen molar-refractivity contribution in [3.8, 4) is 5.75 Å². The minimum absolute atomic E-state index is 0.0107. The quantitative estimate of drug-likeness (QED) is 0.0543. The van der Waals surface area contributed by atoms with Crippen molar-refractivity contribution in [1.29, 1.82) is 0 Å². The van der Waals surface area contributed by atoms with Gasteiger partial charge < -0.3 is 38.9 Å². The van der Waals surface area contributed by atoms with Crippen molar-refractivity contribution in [2.24, 2.45) is 33.7 Å². The Morgan fingerprint density at radius 2 is 1.43 bits per heavy atom. The molecule has 2 rings (SSSR count). The Morgan fingerprint density at radius 3 is 2.03 bits per heavy atom. The molecule has 200 valence electrons. The van der Waals surface area contributed by atoms with Gasteiger partial charge in [-0.15, -0.1) is 0 Å². The molecule has 0 spiro atoms. The Kier molecular flexibility index (Phi) is 10.4. The topological polar surface area (TPSA) is 253 Å². The van der Waals surface area contributed by atoms with Crippen molar-refractivity contribution in [2.45, 2.75) is 43.3 Å². The minimum atomic E-state index is -1.79. The second-order valence-corrected chi connectivity index (χ2v) is 8.40. The van der Waals surface area contributed by atoms with E-state index in [1.807, 2.05) is 0 Å². The van der Waals surface area contributed by atoms with Crippen LogP contribution in [0.3, 0.4) is 0 Å². The summed E-state index contributed by atoms with van der Waals surface area (Å²) in [6.07, 6.45) is 0.108. The molecule has 0 heterocycles. The van der Waals surface area contributed by atoms with Crippen molar-refractivity contribution < 1.29 is 34.4 Å². The van der Waals surface area contributed by atoms with Gasteiger partial charge in [0.05, 0.1) is 0 Å². The lowest BCUT2D eigenvalue weighted by molar-refractivity contribution is -0.221. The van der Waals surface area contributed by atoms with Gasteiger partial charge in [-0.25, -0.2) is 9.68 Å². The number of nitrogens with zero attached hydrogens (tertiary/aromatic N) is 1. The Bertz CT molecular complexity index is 1140. The molecule has 0 fully saturated rings. The smallest absolute Gasteiger partial charge is 0.379 e. The summed E-state index contributed by atoms with van der Waals surface area (Å²) < 4.78 is 0. The second kappa shape index (κ2) is 13.2. The van der Waals surface area contributed by atoms with E-state index in [9.17, 15) is 19.5 Å². The molecule has 3 unspecified atom stereocenters. The minimum Gasteiger partial charge on any atom is -0.480 e. The number of aliphatic carboxylic acids is 2. The van der Waals surface area contributed by atoms with Crippen LogP contribution in [0.1, 0.15) is 29.5 Å². The van der Waals surface area contributed by atoms with Crippen molar-refractivity contribution in [2.75, 3.05) is 6.54 Å². The molecule has 0 amide bonds. The number of carbonyl (C=O) groups is 3. The molecule has 0 aliphatic carbocycles. The van der Waals surface area contributed by atoms with Gasteiger partial charge in [0.25, 0.3) is 0 Å². The van der Waals surface area contributed by atoms with E-state index in [-0.39, 0.29) is 43.9 Å². The van der Waals surface area contributed by atoms with Crippen LogP contribution in [0.2, 0.25) is 0 Å². The fourth-order valence-electron chi connectivity index (χ4n) is 3.61. The highest BCUT2D eigenvalue weighted by molar-refractivity contribution is 5.83. The van der Waals surface area contributed by atoms with E-state index in [0.29, 0.717) is 16.7 Å². The van der Waals surface area contributed by atoms with Crippen LogP contribution in [0.25, 0.3) is 0 Å². The van der Waals surface area contributed by atoms with Gasteiger partial charge in [0, 0.05) is 18.5 Å². The molecule has 2 aromatic carbocycles. The highest BCUT2D eigenvalue weighted by Gasteiger charge is 2.40. The lowest BCUT2D eigenvalue weighted by Gasteiger charge is -2.29. The molecular formula is C24H32N6O7. The summed E-state index contributed by atoms with van der Waals surface area (Å²) in [5, 5.41) is 18.4. The lowest BCUT2D eigenvalue weighted by atomic mass is 9.82. The molecule has 37 heavy (non-hydrogen) atoms. The summed E-state index contributed by atoms with van der Waals surface area (Å²) in [5.74, 6) is -3.45. The van der Waals surface area contributed by atoms with Crippen LogP contribution in [0.15, 0.2) is 53.5 Å². The van der Waals surface area contributed by atoms with Crippen molar-refractivity contribution in [1.82, 2.24) is 0 Å². The zero-order valence-corrected chi connectivity index (χ0v) is 20.1. The SMILES string of the molecule is NC(N)=NCCCC(N)(C(=O)OOc1ccccc1CC(N)C(=O)O)c1ccccc1CC(N)C(=O)O. The summed E-state index contributed by atoms with van der Waals surface area (Å²) in [7, 11) is 0. The summed E-state index contributed by atoms with van der Waals surface area (Å²) in [4.78, 5) is 50.2. The van der Waals surface area contributed by atoms with Crippen molar-refractivity contribution >= 4 is 23.9 Å². The van der Waals surface area contributed by atoms with Crippen LogP contribution in [0.4, 0.5) is 0 Å². The third-order valence-corrected chi connectivity index (χ3v) is 5.58. The Hall–Kier alpha value is -4.20. The average molecular weight is 517 g/mol. The third kappa shape index (κ3) is 8.17. The van der Waals surface area contributed by atoms with Gasteiger partial charge >= 0.3 is 17.9 Å². The molecule has 13 nitrogen and oxygen atoms in total. The maximum atomic E-state index is 13.4. The number of guanidine groups is 1.